The molecule has 1 saturated carbocycles. The van der Waals surface area contributed by atoms with Gasteiger partial charge in [0.15, 0.2) is 5.78 Å². The minimum absolute atomic E-state index is 0.252. The molecule has 0 aliphatic heterocycles. The molecule has 2 N–H and O–H groups in total. The predicted octanol–water partition coefficient (Wildman–Crippen LogP) is 1.46. The largest absolute Gasteiger partial charge is 0.469 e. The average Bonchev–Trinajstić information content (AvgIpc) is 3.17. The van der Waals surface area contributed by atoms with E-state index in [-0.39, 0.29) is 28.1 Å². The molecule has 0 aromatic carbocycles. The monoisotopic (exact) mass is 328 g/mol. The molecule has 0 atom stereocenters. The molecule has 0 radical (unpaired) electrons. The Morgan fingerprint density at radius 3 is 2.79 bits per heavy atom. The van der Waals surface area contributed by atoms with Crippen molar-refractivity contribution in [2.24, 2.45) is 0 Å². The van der Waals surface area contributed by atoms with Crippen LogP contribution in [-0.4, -0.2) is 29.9 Å². The molecule has 1 aliphatic carbocycles. The number of rotatable bonds is 5. The quantitative estimate of drug-likeness (QED) is 0.485. The molecule has 1 fully saturated rings. The number of halogens is 1. The first-order valence-electron chi connectivity index (χ1n) is 5.80. The molecule has 0 bridgehead atoms. The molecule has 1 aromatic rings. The van der Waals surface area contributed by atoms with Crippen LogP contribution in [0.25, 0.3) is 0 Å². The number of ketones is 1. The topological polar surface area (TPSA) is 88.3 Å². The Labute approximate surface area is 117 Å². The van der Waals surface area contributed by atoms with E-state index in [0.717, 1.165) is 12.8 Å². The van der Waals surface area contributed by atoms with Gasteiger partial charge in [-0.2, -0.15) is 0 Å². The number of pyridine rings is 1. The summed E-state index contributed by atoms with van der Waals surface area (Å²) >= 11 is 3.07. The first-order valence-corrected chi connectivity index (χ1v) is 6.60. The first kappa shape index (κ1) is 13.8. The van der Waals surface area contributed by atoms with Crippen LogP contribution in [0.5, 0.6) is 0 Å². The van der Waals surface area contributed by atoms with Crippen molar-refractivity contribution < 1.29 is 14.3 Å². The van der Waals surface area contributed by atoms with Crippen molar-refractivity contribution in [3.05, 3.63) is 26.5 Å². The van der Waals surface area contributed by atoms with Gasteiger partial charge in [0.1, 0.15) is 12.2 Å². The molecule has 0 amide bonds. The van der Waals surface area contributed by atoms with E-state index < -0.39 is 11.8 Å². The van der Waals surface area contributed by atoms with Crippen LogP contribution in [0.3, 0.4) is 0 Å². The Morgan fingerprint density at radius 2 is 2.21 bits per heavy atom. The molecular weight excluding hydrogens is 316 g/mol. The maximum absolute atomic E-state index is 12.0. The summed E-state index contributed by atoms with van der Waals surface area (Å²) in [6, 6.07) is 1.70. The van der Waals surface area contributed by atoms with Gasteiger partial charge < -0.3 is 15.0 Å². The minimum atomic E-state index is -0.607. The second kappa shape index (κ2) is 5.56. The Morgan fingerprint density at radius 1 is 1.53 bits per heavy atom. The molecule has 1 aromatic heterocycles. The van der Waals surface area contributed by atoms with Gasteiger partial charge in [-0.15, -0.1) is 0 Å². The fourth-order valence-corrected chi connectivity index (χ4v) is 1.90. The highest BCUT2D eigenvalue weighted by atomic mass is 79.9. The van der Waals surface area contributed by atoms with Crippen LogP contribution in [0.2, 0.25) is 0 Å². The number of nitrogens with one attached hydrogen (secondary N) is 2. The molecule has 1 heterocycles. The second-order valence-corrected chi connectivity index (χ2v) is 5.18. The van der Waals surface area contributed by atoms with Crippen LogP contribution in [0.1, 0.15) is 29.6 Å². The predicted molar refractivity (Wildman–Crippen MR) is 72.4 cm³/mol. The number of hydrogen-bond donors (Lipinski definition) is 2. The molecule has 6 nitrogen and oxygen atoms in total. The van der Waals surface area contributed by atoms with E-state index in [1.165, 1.54) is 13.2 Å². The third kappa shape index (κ3) is 3.44. The van der Waals surface area contributed by atoms with E-state index in [4.69, 9.17) is 0 Å². The number of hydrogen-bond acceptors (Lipinski definition) is 5. The van der Waals surface area contributed by atoms with E-state index in [2.05, 4.69) is 31.0 Å². The summed E-state index contributed by atoms with van der Waals surface area (Å²) in [5.74, 6) is -0.638. The summed E-state index contributed by atoms with van der Waals surface area (Å²) in [5, 5.41) is 3.08. The molecule has 0 saturated heterocycles. The summed E-state index contributed by atoms with van der Waals surface area (Å²) in [6.45, 7) is 0. The lowest BCUT2D eigenvalue weighted by molar-refractivity contribution is -0.139. The van der Waals surface area contributed by atoms with Gasteiger partial charge in [0.05, 0.1) is 17.1 Å². The lowest BCUT2D eigenvalue weighted by Crippen LogP contribution is -2.19. The van der Waals surface area contributed by atoms with Crippen molar-refractivity contribution in [1.29, 1.82) is 0 Å². The highest BCUT2D eigenvalue weighted by Crippen LogP contribution is 2.26. The number of aromatic nitrogens is 1. The molecular formula is C12H13BrN2O4. The van der Waals surface area contributed by atoms with Crippen LogP contribution in [-0.2, 0) is 9.53 Å². The second-order valence-electron chi connectivity index (χ2n) is 4.33. The Bertz CT molecular complexity index is 578. The Balaban J connectivity index is 2.30. The lowest BCUT2D eigenvalue weighted by Gasteiger charge is -2.10. The third-order valence-corrected chi connectivity index (χ3v) is 3.34. The van der Waals surface area contributed by atoms with Gasteiger partial charge in [0, 0.05) is 6.04 Å². The maximum Gasteiger partial charge on any atom is 0.313 e. The maximum atomic E-state index is 12.0. The van der Waals surface area contributed by atoms with Gasteiger partial charge in [0.2, 0.25) is 0 Å². The number of Topliss-reactive ketones (excluding diaryl/α,β-unsaturated/α-hetero) is 1. The molecule has 102 valence electrons. The number of ether oxygens (including phenoxy) is 1. The van der Waals surface area contributed by atoms with Crippen LogP contribution >= 0.6 is 15.9 Å². The highest BCUT2D eigenvalue weighted by molar-refractivity contribution is 9.10. The molecule has 7 heteroatoms. The lowest BCUT2D eigenvalue weighted by atomic mass is 10.1. The zero-order chi connectivity index (χ0) is 14.0. The van der Waals surface area contributed by atoms with Gasteiger partial charge >= 0.3 is 5.97 Å². The zero-order valence-electron chi connectivity index (χ0n) is 10.3. The summed E-state index contributed by atoms with van der Waals surface area (Å²) < 4.78 is 4.72. The molecule has 1 aliphatic rings. The zero-order valence-corrected chi connectivity index (χ0v) is 11.9. The van der Waals surface area contributed by atoms with Crippen molar-refractivity contribution in [3.8, 4) is 0 Å². The normalized spacial score (nSPS) is 14.0. The van der Waals surface area contributed by atoms with Gasteiger partial charge in [-0.25, -0.2) is 0 Å². The van der Waals surface area contributed by atoms with E-state index in [1.54, 1.807) is 0 Å². The number of esters is 1. The molecule has 0 unspecified atom stereocenters. The van der Waals surface area contributed by atoms with Crippen molar-refractivity contribution in [2.45, 2.75) is 25.3 Å². The van der Waals surface area contributed by atoms with Crippen LogP contribution in [0.4, 0.5) is 5.82 Å². The van der Waals surface area contributed by atoms with Crippen molar-refractivity contribution >= 4 is 33.5 Å². The fraction of sp³-hybridized carbons (Fsp3) is 0.417. The fourth-order valence-electron chi connectivity index (χ4n) is 1.57. The first-order chi connectivity index (χ1) is 9.01. The smallest absolute Gasteiger partial charge is 0.313 e. The number of carbonyl (C=O) groups is 2. The van der Waals surface area contributed by atoms with Crippen LogP contribution < -0.4 is 10.9 Å². The third-order valence-electron chi connectivity index (χ3n) is 2.75. The van der Waals surface area contributed by atoms with Gasteiger partial charge in [-0.3, -0.25) is 14.4 Å². The van der Waals surface area contributed by atoms with E-state index >= 15 is 0 Å². The number of aromatic amines is 1. The SMILES string of the molecule is COC(=O)CC(=O)c1cc(Br)c(=O)[nH]c1NC1CC1. The number of anilines is 1. The Kier molecular flexibility index (Phi) is 4.04. The van der Waals surface area contributed by atoms with Crippen molar-refractivity contribution in [3.63, 3.8) is 0 Å². The van der Waals surface area contributed by atoms with Crippen molar-refractivity contribution in [1.82, 2.24) is 4.98 Å². The Hall–Kier alpha value is -1.63. The van der Waals surface area contributed by atoms with Gasteiger partial charge in [-0.05, 0) is 34.8 Å². The number of carbonyl (C=O) groups excluding carboxylic acids is 2. The standard InChI is InChI=1S/C12H13BrN2O4/c1-19-10(17)5-9(16)7-4-8(13)12(18)15-11(7)14-6-2-3-6/h4,6H,2-3,5H2,1H3,(H2,14,15,18). The van der Waals surface area contributed by atoms with Gasteiger partial charge in [-0.1, -0.05) is 0 Å². The van der Waals surface area contributed by atoms with Gasteiger partial charge in [0.25, 0.3) is 5.56 Å². The minimum Gasteiger partial charge on any atom is -0.469 e. The van der Waals surface area contributed by atoms with E-state index in [0.29, 0.717) is 5.82 Å². The highest BCUT2D eigenvalue weighted by Gasteiger charge is 2.25. The number of H-pyrrole nitrogens is 1. The van der Waals surface area contributed by atoms with Crippen LogP contribution in [0.15, 0.2) is 15.3 Å². The van der Waals surface area contributed by atoms with E-state index in [9.17, 15) is 14.4 Å². The van der Waals surface area contributed by atoms with E-state index in [1.807, 2.05) is 0 Å². The molecule has 19 heavy (non-hydrogen) atoms. The molecule has 2 rings (SSSR count). The summed E-state index contributed by atoms with van der Waals surface area (Å²) in [5.41, 5.74) is -0.0402. The summed E-state index contributed by atoms with van der Waals surface area (Å²) in [6.07, 6.45) is 1.65. The van der Waals surface area contributed by atoms with Crippen LogP contribution in [0, 0.1) is 0 Å². The summed E-state index contributed by atoms with van der Waals surface area (Å²) in [7, 11) is 1.22. The van der Waals surface area contributed by atoms with Crippen molar-refractivity contribution in [2.75, 3.05) is 12.4 Å². The number of methoxy groups -OCH3 is 1. The summed E-state index contributed by atoms with van der Waals surface area (Å²) in [4.78, 5) is 37.3. The average molecular weight is 329 g/mol. The molecule has 0 spiro atoms.